The predicted molar refractivity (Wildman–Crippen MR) is 75.0 cm³/mol. The Morgan fingerprint density at radius 3 is 2.50 bits per heavy atom. The van der Waals surface area contributed by atoms with Crippen molar-refractivity contribution in [2.45, 2.75) is 13.3 Å². The zero-order valence-corrected chi connectivity index (χ0v) is 10.8. The molecule has 0 saturated carbocycles. The van der Waals surface area contributed by atoms with Gasteiger partial charge in [-0.15, -0.1) is 0 Å². The zero-order chi connectivity index (χ0) is 12.8. The van der Waals surface area contributed by atoms with Crippen LogP contribution in [0.1, 0.15) is 11.1 Å². The molecule has 0 aliphatic rings. The van der Waals surface area contributed by atoms with Crippen molar-refractivity contribution in [1.29, 1.82) is 0 Å². The molecule has 1 aromatic carbocycles. The second-order valence-electron chi connectivity index (χ2n) is 4.11. The van der Waals surface area contributed by atoms with E-state index >= 15 is 0 Å². The Morgan fingerprint density at radius 1 is 1.06 bits per heavy atom. The van der Waals surface area contributed by atoms with Gasteiger partial charge < -0.3 is 10.6 Å². The number of anilines is 2. The Kier molecular flexibility index (Phi) is 4.12. The molecule has 2 N–H and O–H groups in total. The fraction of sp³-hybridized carbons (Fsp3) is 0.286. The Bertz CT molecular complexity index is 496. The molecule has 2 aromatic rings. The van der Waals surface area contributed by atoms with Gasteiger partial charge in [0.2, 0.25) is 0 Å². The van der Waals surface area contributed by atoms with Crippen LogP contribution in [0.2, 0.25) is 0 Å². The summed E-state index contributed by atoms with van der Waals surface area (Å²) in [6, 6.07) is 10.4. The summed E-state index contributed by atoms with van der Waals surface area (Å²) in [5, 5.41) is 6.40. The van der Waals surface area contributed by atoms with Gasteiger partial charge in [0.05, 0.1) is 0 Å². The maximum absolute atomic E-state index is 4.26. The van der Waals surface area contributed by atoms with E-state index in [1.54, 1.807) is 6.33 Å². The van der Waals surface area contributed by atoms with Crippen molar-refractivity contribution in [2.24, 2.45) is 0 Å². The monoisotopic (exact) mass is 242 g/mol. The topological polar surface area (TPSA) is 49.8 Å². The Morgan fingerprint density at radius 2 is 1.78 bits per heavy atom. The van der Waals surface area contributed by atoms with Crippen LogP contribution < -0.4 is 10.6 Å². The standard InChI is InChI=1S/C14H18N4/c1-11-13(15-2)17-10-18-14(11)16-9-8-12-6-4-3-5-7-12/h3-7,10H,8-9H2,1-2H3,(H2,15,16,17,18). The van der Waals surface area contributed by atoms with Crippen LogP contribution in [0, 0.1) is 6.92 Å². The third-order valence-electron chi connectivity index (χ3n) is 2.87. The first-order valence-electron chi connectivity index (χ1n) is 6.08. The summed E-state index contributed by atoms with van der Waals surface area (Å²) in [6.45, 7) is 2.88. The van der Waals surface area contributed by atoms with Gasteiger partial charge in [0.15, 0.2) is 0 Å². The van der Waals surface area contributed by atoms with E-state index in [9.17, 15) is 0 Å². The van der Waals surface area contributed by atoms with Gasteiger partial charge in [-0.1, -0.05) is 30.3 Å². The molecule has 0 bridgehead atoms. The highest BCUT2D eigenvalue weighted by Crippen LogP contribution is 2.17. The fourth-order valence-electron chi connectivity index (χ4n) is 1.85. The number of hydrogen-bond donors (Lipinski definition) is 2. The van der Waals surface area contributed by atoms with Gasteiger partial charge in [0.1, 0.15) is 18.0 Å². The largest absolute Gasteiger partial charge is 0.373 e. The molecule has 0 radical (unpaired) electrons. The van der Waals surface area contributed by atoms with E-state index in [0.717, 1.165) is 30.2 Å². The molecule has 0 saturated heterocycles. The lowest BCUT2D eigenvalue weighted by Crippen LogP contribution is -2.09. The minimum absolute atomic E-state index is 0.866. The van der Waals surface area contributed by atoms with Crippen molar-refractivity contribution < 1.29 is 0 Å². The number of hydrogen-bond acceptors (Lipinski definition) is 4. The van der Waals surface area contributed by atoms with Crippen LogP contribution in [0.15, 0.2) is 36.7 Å². The van der Waals surface area contributed by atoms with E-state index in [-0.39, 0.29) is 0 Å². The Hall–Kier alpha value is -2.10. The molecule has 4 nitrogen and oxygen atoms in total. The van der Waals surface area contributed by atoms with Gasteiger partial charge in [-0.25, -0.2) is 9.97 Å². The summed E-state index contributed by atoms with van der Waals surface area (Å²) >= 11 is 0. The molecular formula is C14H18N4. The van der Waals surface area contributed by atoms with E-state index in [0.29, 0.717) is 0 Å². The minimum atomic E-state index is 0.866. The second kappa shape index (κ2) is 6.00. The van der Waals surface area contributed by atoms with E-state index < -0.39 is 0 Å². The molecule has 0 atom stereocenters. The van der Waals surface area contributed by atoms with Crippen molar-refractivity contribution in [2.75, 3.05) is 24.2 Å². The van der Waals surface area contributed by atoms with E-state index in [2.05, 4.69) is 44.9 Å². The van der Waals surface area contributed by atoms with Gasteiger partial charge in [-0.2, -0.15) is 0 Å². The smallest absolute Gasteiger partial charge is 0.134 e. The van der Waals surface area contributed by atoms with Crippen molar-refractivity contribution in [3.8, 4) is 0 Å². The molecule has 18 heavy (non-hydrogen) atoms. The zero-order valence-electron chi connectivity index (χ0n) is 10.8. The molecule has 94 valence electrons. The molecule has 0 aliphatic carbocycles. The molecule has 0 unspecified atom stereocenters. The molecule has 4 heteroatoms. The Labute approximate surface area is 107 Å². The maximum atomic E-state index is 4.26. The first-order chi connectivity index (χ1) is 8.81. The normalized spacial score (nSPS) is 10.1. The van der Waals surface area contributed by atoms with Crippen molar-refractivity contribution in [3.05, 3.63) is 47.8 Å². The first kappa shape index (κ1) is 12.4. The van der Waals surface area contributed by atoms with Crippen molar-refractivity contribution in [3.63, 3.8) is 0 Å². The molecule has 0 aliphatic heterocycles. The summed E-state index contributed by atoms with van der Waals surface area (Å²) < 4.78 is 0. The quantitative estimate of drug-likeness (QED) is 0.845. The Balaban J connectivity index is 1.95. The van der Waals surface area contributed by atoms with Crippen LogP contribution in [-0.4, -0.2) is 23.6 Å². The van der Waals surface area contributed by atoms with Crippen LogP contribution >= 0.6 is 0 Å². The molecular weight excluding hydrogens is 224 g/mol. The number of benzene rings is 1. The summed E-state index contributed by atoms with van der Waals surface area (Å²) in [4.78, 5) is 8.42. The SMILES string of the molecule is CNc1ncnc(NCCc2ccccc2)c1C. The molecule has 1 aromatic heterocycles. The number of nitrogens with one attached hydrogen (secondary N) is 2. The third kappa shape index (κ3) is 2.97. The number of nitrogens with zero attached hydrogens (tertiary/aromatic N) is 2. The predicted octanol–water partition coefficient (Wildman–Crippen LogP) is 2.48. The van der Waals surface area contributed by atoms with E-state index in [1.807, 2.05) is 20.0 Å². The fourth-order valence-corrected chi connectivity index (χ4v) is 1.85. The third-order valence-corrected chi connectivity index (χ3v) is 2.87. The molecule has 2 rings (SSSR count). The van der Waals surface area contributed by atoms with Crippen LogP contribution in [0.5, 0.6) is 0 Å². The maximum Gasteiger partial charge on any atom is 0.134 e. The molecule has 0 spiro atoms. The van der Waals surface area contributed by atoms with Crippen LogP contribution in [-0.2, 0) is 6.42 Å². The van der Waals surface area contributed by atoms with Crippen LogP contribution in [0.4, 0.5) is 11.6 Å². The van der Waals surface area contributed by atoms with Crippen molar-refractivity contribution >= 4 is 11.6 Å². The summed E-state index contributed by atoms with van der Waals surface area (Å²) in [5.74, 6) is 1.76. The molecule has 1 heterocycles. The highest BCUT2D eigenvalue weighted by atomic mass is 15.1. The van der Waals surface area contributed by atoms with Crippen LogP contribution in [0.25, 0.3) is 0 Å². The van der Waals surface area contributed by atoms with Gasteiger partial charge in [-0.3, -0.25) is 0 Å². The molecule has 0 amide bonds. The van der Waals surface area contributed by atoms with Crippen LogP contribution in [0.3, 0.4) is 0 Å². The summed E-state index contributed by atoms with van der Waals surface area (Å²) in [5.41, 5.74) is 2.37. The van der Waals surface area contributed by atoms with E-state index in [4.69, 9.17) is 0 Å². The minimum Gasteiger partial charge on any atom is -0.373 e. The lowest BCUT2D eigenvalue weighted by Gasteiger charge is -2.10. The van der Waals surface area contributed by atoms with Crippen molar-refractivity contribution in [1.82, 2.24) is 9.97 Å². The van der Waals surface area contributed by atoms with Gasteiger partial charge >= 0.3 is 0 Å². The second-order valence-corrected chi connectivity index (χ2v) is 4.11. The van der Waals surface area contributed by atoms with Gasteiger partial charge in [-0.05, 0) is 18.9 Å². The lowest BCUT2D eigenvalue weighted by molar-refractivity contribution is 0.992. The highest BCUT2D eigenvalue weighted by molar-refractivity contribution is 5.56. The summed E-state index contributed by atoms with van der Waals surface area (Å²) in [7, 11) is 1.86. The average Bonchev–Trinajstić information content (AvgIpc) is 2.42. The molecule has 0 fully saturated rings. The average molecular weight is 242 g/mol. The van der Waals surface area contributed by atoms with Gasteiger partial charge in [0, 0.05) is 19.2 Å². The van der Waals surface area contributed by atoms with E-state index in [1.165, 1.54) is 5.56 Å². The number of aromatic nitrogens is 2. The summed E-state index contributed by atoms with van der Waals surface area (Å²) in [6.07, 6.45) is 2.56. The highest BCUT2D eigenvalue weighted by Gasteiger charge is 2.04. The first-order valence-corrected chi connectivity index (χ1v) is 6.08. The van der Waals surface area contributed by atoms with Gasteiger partial charge in [0.25, 0.3) is 0 Å². The lowest BCUT2D eigenvalue weighted by atomic mass is 10.1. The number of rotatable bonds is 5.